The number of hydrogen-bond acceptors (Lipinski definition) is 8. The van der Waals surface area contributed by atoms with Crippen molar-refractivity contribution >= 4 is 23.6 Å². The minimum absolute atomic E-state index is 0.0542. The third-order valence-corrected chi connectivity index (χ3v) is 6.19. The summed E-state index contributed by atoms with van der Waals surface area (Å²) in [5.41, 5.74) is 1.48. The number of rotatable bonds is 17. The molecule has 12 nitrogen and oxygen atoms in total. The molecule has 42 heavy (non-hydrogen) atoms. The summed E-state index contributed by atoms with van der Waals surface area (Å²) < 4.78 is 15.8. The smallest absolute Gasteiger partial charge is 0.315 e. The molecule has 2 aromatic rings. The Hall–Kier alpha value is -4.32. The van der Waals surface area contributed by atoms with E-state index in [4.69, 9.17) is 19.3 Å². The molecule has 0 aliphatic carbocycles. The average Bonchev–Trinajstić information content (AvgIpc) is 2.99. The van der Waals surface area contributed by atoms with E-state index in [1.807, 2.05) is 13.8 Å². The van der Waals surface area contributed by atoms with Gasteiger partial charge in [-0.1, -0.05) is 32.9 Å². The fourth-order valence-electron chi connectivity index (χ4n) is 3.98. The Morgan fingerprint density at radius 2 is 1.43 bits per heavy atom. The standard InChI is InChI=1S/C30H42N4O8/c1-6-25(27(36)29(38)31-18-21-14-23(40-4)16-24(15-21)41-5)33-28(37)26(13-19(2)3)34-30(39)32-17-20-7-9-22(10-8-20)42-12-11-35/h7-10,14-16,19,25-26,35H,6,11-13,17-18H2,1-5H3,(H,31,38)(H,33,37)(H2,32,34,39)/t25?,26-/m0/s1. The van der Waals surface area contributed by atoms with Crippen LogP contribution in [0.2, 0.25) is 0 Å². The van der Waals surface area contributed by atoms with Crippen molar-refractivity contribution in [2.45, 2.75) is 58.8 Å². The van der Waals surface area contributed by atoms with E-state index in [9.17, 15) is 19.2 Å². The Kier molecular flexibility index (Phi) is 14.1. The first-order chi connectivity index (χ1) is 20.1. The molecular formula is C30H42N4O8. The van der Waals surface area contributed by atoms with Gasteiger partial charge in [-0.05, 0) is 54.2 Å². The van der Waals surface area contributed by atoms with E-state index in [2.05, 4.69) is 21.3 Å². The van der Waals surface area contributed by atoms with Crippen LogP contribution >= 0.6 is 0 Å². The van der Waals surface area contributed by atoms with Gasteiger partial charge in [0.05, 0.1) is 26.9 Å². The van der Waals surface area contributed by atoms with Crippen molar-refractivity contribution in [1.82, 2.24) is 21.3 Å². The van der Waals surface area contributed by atoms with Crippen LogP contribution in [0.1, 0.15) is 44.7 Å². The van der Waals surface area contributed by atoms with Gasteiger partial charge < -0.3 is 40.6 Å². The lowest BCUT2D eigenvalue weighted by Crippen LogP contribution is -2.55. The van der Waals surface area contributed by atoms with Gasteiger partial charge in [0, 0.05) is 19.2 Å². The number of urea groups is 1. The molecule has 0 bridgehead atoms. The van der Waals surface area contributed by atoms with Crippen molar-refractivity contribution in [3.8, 4) is 17.2 Å². The van der Waals surface area contributed by atoms with E-state index < -0.39 is 35.7 Å². The molecule has 0 spiro atoms. The average molecular weight is 587 g/mol. The highest BCUT2D eigenvalue weighted by atomic mass is 16.5. The van der Waals surface area contributed by atoms with E-state index in [1.54, 1.807) is 49.4 Å². The topological polar surface area (TPSA) is 164 Å². The summed E-state index contributed by atoms with van der Waals surface area (Å²) in [7, 11) is 3.02. The van der Waals surface area contributed by atoms with Crippen molar-refractivity contribution in [2.24, 2.45) is 5.92 Å². The number of aliphatic hydroxyl groups is 1. The van der Waals surface area contributed by atoms with Crippen LogP contribution in [0.15, 0.2) is 42.5 Å². The normalized spacial score (nSPS) is 12.1. The second-order valence-corrected chi connectivity index (χ2v) is 9.96. The number of ether oxygens (including phenoxy) is 3. The number of carbonyl (C=O) groups excluding carboxylic acids is 4. The Morgan fingerprint density at radius 3 is 1.98 bits per heavy atom. The zero-order valence-electron chi connectivity index (χ0n) is 24.8. The second-order valence-electron chi connectivity index (χ2n) is 9.96. The number of ketones is 1. The van der Waals surface area contributed by atoms with Gasteiger partial charge in [-0.15, -0.1) is 0 Å². The first kappa shape index (κ1) is 33.9. The highest BCUT2D eigenvalue weighted by Gasteiger charge is 2.29. The van der Waals surface area contributed by atoms with Crippen LogP contribution in [0.5, 0.6) is 17.2 Å². The minimum atomic E-state index is -1.07. The summed E-state index contributed by atoms with van der Waals surface area (Å²) in [6.07, 6.45) is 0.508. The Bertz CT molecular complexity index is 1160. The van der Waals surface area contributed by atoms with Gasteiger partial charge in [0.1, 0.15) is 29.9 Å². The number of benzene rings is 2. The maximum absolute atomic E-state index is 13.1. The van der Waals surface area contributed by atoms with Crippen molar-refractivity contribution in [1.29, 1.82) is 0 Å². The van der Waals surface area contributed by atoms with Crippen LogP contribution in [0.4, 0.5) is 4.79 Å². The molecule has 1 unspecified atom stereocenters. The predicted molar refractivity (Wildman–Crippen MR) is 156 cm³/mol. The van der Waals surface area contributed by atoms with Crippen molar-refractivity contribution in [2.75, 3.05) is 27.4 Å². The number of aliphatic hydroxyl groups excluding tert-OH is 1. The summed E-state index contributed by atoms with van der Waals surface area (Å²) in [4.78, 5) is 51.3. The van der Waals surface area contributed by atoms with E-state index in [0.29, 0.717) is 29.2 Å². The fraction of sp³-hybridized carbons (Fsp3) is 0.467. The zero-order chi connectivity index (χ0) is 31.1. The first-order valence-electron chi connectivity index (χ1n) is 13.8. The SMILES string of the molecule is CCC(NC(=O)[C@H](CC(C)C)NC(=O)NCc1ccc(OCCO)cc1)C(=O)C(=O)NCc1cc(OC)cc(OC)c1. The van der Waals surface area contributed by atoms with Gasteiger partial charge in [0.25, 0.3) is 5.91 Å². The van der Waals surface area contributed by atoms with Crippen LogP contribution in [0, 0.1) is 5.92 Å². The van der Waals surface area contributed by atoms with Gasteiger partial charge in [-0.3, -0.25) is 14.4 Å². The van der Waals surface area contributed by atoms with Crippen molar-refractivity contribution in [3.05, 3.63) is 53.6 Å². The largest absolute Gasteiger partial charge is 0.497 e. The minimum Gasteiger partial charge on any atom is -0.497 e. The highest BCUT2D eigenvalue weighted by molar-refractivity contribution is 6.38. The van der Waals surface area contributed by atoms with Gasteiger partial charge in [0.15, 0.2) is 0 Å². The van der Waals surface area contributed by atoms with Crippen molar-refractivity contribution in [3.63, 3.8) is 0 Å². The van der Waals surface area contributed by atoms with Crippen LogP contribution in [-0.4, -0.2) is 68.3 Å². The fourth-order valence-corrected chi connectivity index (χ4v) is 3.98. The number of hydrogen-bond donors (Lipinski definition) is 5. The molecule has 12 heteroatoms. The molecule has 5 N–H and O–H groups in total. The van der Waals surface area contributed by atoms with E-state index in [-0.39, 0.29) is 38.6 Å². The molecular weight excluding hydrogens is 544 g/mol. The van der Waals surface area contributed by atoms with E-state index in [0.717, 1.165) is 5.56 Å². The van der Waals surface area contributed by atoms with Crippen LogP contribution < -0.4 is 35.5 Å². The molecule has 0 heterocycles. The summed E-state index contributed by atoms with van der Waals surface area (Å²) in [5.74, 6) is -0.458. The van der Waals surface area contributed by atoms with Crippen molar-refractivity contribution < 1.29 is 38.5 Å². The Labute approximate surface area is 246 Å². The summed E-state index contributed by atoms with van der Waals surface area (Å²) in [5, 5.41) is 19.4. The van der Waals surface area contributed by atoms with E-state index >= 15 is 0 Å². The molecule has 0 radical (unpaired) electrons. The third kappa shape index (κ3) is 11.3. The summed E-state index contributed by atoms with van der Waals surface area (Å²) >= 11 is 0. The van der Waals surface area contributed by atoms with Gasteiger partial charge in [-0.25, -0.2) is 4.79 Å². The van der Waals surface area contributed by atoms with Crippen LogP contribution in [0.25, 0.3) is 0 Å². The van der Waals surface area contributed by atoms with Gasteiger partial charge in [-0.2, -0.15) is 0 Å². The molecule has 2 atom stereocenters. The maximum atomic E-state index is 13.1. The Morgan fingerprint density at radius 1 is 0.810 bits per heavy atom. The molecule has 4 amide bonds. The number of methoxy groups -OCH3 is 2. The molecule has 2 aromatic carbocycles. The second kappa shape index (κ2) is 17.5. The lowest BCUT2D eigenvalue weighted by Gasteiger charge is -2.23. The van der Waals surface area contributed by atoms with Crippen LogP contribution in [0.3, 0.4) is 0 Å². The lowest BCUT2D eigenvalue weighted by molar-refractivity contribution is -0.140. The molecule has 0 aliphatic rings. The molecule has 230 valence electrons. The third-order valence-electron chi connectivity index (χ3n) is 6.19. The maximum Gasteiger partial charge on any atom is 0.315 e. The quantitative estimate of drug-likeness (QED) is 0.176. The lowest BCUT2D eigenvalue weighted by atomic mass is 10.0. The number of amides is 4. The van der Waals surface area contributed by atoms with E-state index in [1.165, 1.54) is 14.2 Å². The zero-order valence-corrected chi connectivity index (χ0v) is 24.8. The number of carbonyl (C=O) groups is 4. The number of nitrogens with one attached hydrogen (secondary N) is 4. The summed E-state index contributed by atoms with van der Waals surface area (Å²) in [6, 6.07) is 9.58. The first-order valence-corrected chi connectivity index (χ1v) is 13.8. The van der Waals surface area contributed by atoms with Crippen LogP contribution in [-0.2, 0) is 27.5 Å². The Balaban J connectivity index is 1.95. The van der Waals surface area contributed by atoms with Gasteiger partial charge >= 0.3 is 6.03 Å². The molecule has 0 fully saturated rings. The summed E-state index contributed by atoms with van der Waals surface area (Å²) in [6.45, 7) is 5.85. The molecule has 0 saturated heterocycles. The predicted octanol–water partition coefficient (Wildman–Crippen LogP) is 2.07. The molecule has 0 aliphatic heterocycles. The highest BCUT2D eigenvalue weighted by Crippen LogP contribution is 2.22. The molecule has 0 aromatic heterocycles. The molecule has 0 saturated carbocycles. The van der Waals surface area contributed by atoms with Gasteiger partial charge in [0.2, 0.25) is 11.7 Å². The monoisotopic (exact) mass is 586 g/mol. The number of Topliss-reactive ketones (excluding diaryl/α,β-unsaturated/α-hetero) is 1. The molecule has 2 rings (SSSR count).